The van der Waals surface area contributed by atoms with Gasteiger partial charge in [0.05, 0.1) is 21.3 Å². The molecular formula is C21H22O6. The number of methoxy groups -OCH3 is 3. The summed E-state index contributed by atoms with van der Waals surface area (Å²) in [6.45, 7) is 1.48. The minimum absolute atomic E-state index is 0.000595. The largest absolute Gasteiger partial charge is 0.496 e. The van der Waals surface area contributed by atoms with E-state index in [-0.39, 0.29) is 12.4 Å². The molecule has 6 heteroatoms. The highest BCUT2D eigenvalue weighted by molar-refractivity contribution is 5.94. The molecule has 0 N–H and O–H groups in total. The number of hydrogen-bond acceptors (Lipinski definition) is 6. The van der Waals surface area contributed by atoms with Crippen LogP contribution in [0.1, 0.15) is 28.4 Å². The van der Waals surface area contributed by atoms with Crippen LogP contribution in [0.3, 0.4) is 0 Å². The Morgan fingerprint density at radius 2 is 1.56 bits per heavy atom. The van der Waals surface area contributed by atoms with Crippen LogP contribution in [0.4, 0.5) is 0 Å². The van der Waals surface area contributed by atoms with Gasteiger partial charge in [0.25, 0.3) is 0 Å². The third kappa shape index (κ3) is 5.34. The van der Waals surface area contributed by atoms with E-state index in [1.165, 1.54) is 20.1 Å². The zero-order chi connectivity index (χ0) is 19.8. The van der Waals surface area contributed by atoms with Gasteiger partial charge in [-0.1, -0.05) is 6.07 Å². The van der Waals surface area contributed by atoms with Crippen molar-refractivity contribution >= 4 is 17.8 Å². The normalized spacial score (nSPS) is 10.5. The molecule has 0 atom stereocenters. The van der Waals surface area contributed by atoms with Gasteiger partial charge in [-0.2, -0.15) is 0 Å². The quantitative estimate of drug-likeness (QED) is 0.401. The summed E-state index contributed by atoms with van der Waals surface area (Å²) in [6.07, 6.45) is 2.94. The van der Waals surface area contributed by atoms with Crippen molar-refractivity contribution in [3.8, 4) is 17.2 Å². The fourth-order valence-electron chi connectivity index (χ4n) is 2.43. The van der Waals surface area contributed by atoms with Crippen molar-refractivity contribution < 1.29 is 28.5 Å². The molecule has 0 fully saturated rings. The van der Waals surface area contributed by atoms with Gasteiger partial charge in [-0.15, -0.1) is 0 Å². The molecule has 6 nitrogen and oxygen atoms in total. The highest BCUT2D eigenvalue weighted by atomic mass is 16.5. The number of ether oxygens (including phenoxy) is 4. The molecule has 2 aromatic rings. The molecule has 27 heavy (non-hydrogen) atoms. The molecule has 0 aliphatic rings. The number of benzene rings is 2. The molecular weight excluding hydrogens is 348 g/mol. The molecule has 0 aliphatic heterocycles. The van der Waals surface area contributed by atoms with Crippen LogP contribution in [0.15, 0.2) is 42.5 Å². The van der Waals surface area contributed by atoms with Crippen molar-refractivity contribution in [3.05, 3.63) is 59.2 Å². The molecule has 2 rings (SSSR count). The molecule has 0 saturated heterocycles. The first-order valence-corrected chi connectivity index (χ1v) is 8.23. The average molecular weight is 370 g/mol. The average Bonchev–Trinajstić information content (AvgIpc) is 2.69. The predicted molar refractivity (Wildman–Crippen MR) is 101 cm³/mol. The Morgan fingerprint density at radius 1 is 0.889 bits per heavy atom. The number of ketones is 1. The van der Waals surface area contributed by atoms with E-state index in [1.807, 2.05) is 0 Å². The summed E-state index contributed by atoms with van der Waals surface area (Å²) in [5, 5.41) is 0. The lowest BCUT2D eigenvalue weighted by Crippen LogP contribution is -2.04. The van der Waals surface area contributed by atoms with Gasteiger partial charge in [-0.3, -0.25) is 4.79 Å². The maximum Gasteiger partial charge on any atom is 0.331 e. The van der Waals surface area contributed by atoms with Gasteiger partial charge in [-0.25, -0.2) is 4.79 Å². The minimum atomic E-state index is -0.514. The van der Waals surface area contributed by atoms with Crippen LogP contribution in [0.25, 0.3) is 6.08 Å². The van der Waals surface area contributed by atoms with Gasteiger partial charge in [0, 0.05) is 17.2 Å². The Kier molecular flexibility index (Phi) is 7.00. The smallest absolute Gasteiger partial charge is 0.331 e. The number of esters is 1. The van der Waals surface area contributed by atoms with Crippen molar-refractivity contribution in [1.82, 2.24) is 0 Å². The molecule has 0 aromatic heterocycles. The van der Waals surface area contributed by atoms with Crippen LogP contribution >= 0.6 is 0 Å². The van der Waals surface area contributed by atoms with Crippen LogP contribution in [0.2, 0.25) is 0 Å². The van der Waals surface area contributed by atoms with E-state index in [9.17, 15) is 9.59 Å². The highest BCUT2D eigenvalue weighted by Crippen LogP contribution is 2.28. The van der Waals surface area contributed by atoms with Gasteiger partial charge >= 0.3 is 5.97 Å². The SMILES string of the molecule is COc1ccc(C(C)=O)cc1COC(=O)/C=C/c1ccc(OC)c(OC)c1. The van der Waals surface area contributed by atoms with Crippen LogP contribution < -0.4 is 14.2 Å². The van der Waals surface area contributed by atoms with Gasteiger partial charge in [0.2, 0.25) is 0 Å². The molecule has 0 heterocycles. The van der Waals surface area contributed by atoms with Crippen molar-refractivity contribution in [2.75, 3.05) is 21.3 Å². The second kappa shape index (κ2) is 9.43. The Balaban J connectivity index is 2.05. The zero-order valence-electron chi connectivity index (χ0n) is 15.8. The van der Waals surface area contributed by atoms with Gasteiger partial charge in [0.1, 0.15) is 12.4 Å². The van der Waals surface area contributed by atoms with Crippen LogP contribution in [-0.2, 0) is 16.1 Å². The molecule has 0 radical (unpaired) electrons. The summed E-state index contributed by atoms with van der Waals surface area (Å²) in [4.78, 5) is 23.5. The van der Waals surface area contributed by atoms with E-state index >= 15 is 0 Å². The van der Waals surface area contributed by atoms with E-state index in [1.54, 1.807) is 56.7 Å². The van der Waals surface area contributed by atoms with E-state index in [0.29, 0.717) is 28.4 Å². The van der Waals surface area contributed by atoms with Crippen LogP contribution in [-0.4, -0.2) is 33.1 Å². The number of carbonyl (C=O) groups is 2. The van der Waals surface area contributed by atoms with Gasteiger partial charge < -0.3 is 18.9 Å². The Hall–Kier alpha value is -3.28. The monoisotopic (exact) mass is 370 g/mol. The van der Waals surface area contributed by atoms with Crippen LogP contribution in [0, 0.1) is 0 Å². The minimum Gasteiger partial charge on any atom is -0.496 e. The van der Waals surface area contributed by atoms with E-state index in [0.717, 1.165) is 5.56 Å². The zero-order valence-corrected chi connectivity index (χ0v) is 15.8. The van der Waals surface area contributed by atoms with E-state index in [4.69, 9.17) is 18.9 Å². The molecule has 0 amide bonds. The highest BCUT2D eigenvalue weighted by Gasteiger charge is 2.09. The molecule has 0 saturated carbocycles. The van der Waals surface area contributed by atoms with Crippen molar-refractivity contribution in [1.29, 1.82) is 0 Å². The standard InChI is InChI=1S/C21H22O6/c1-14(22)16-7-9-18(24-2)17(12-16)13-27-21(23)10-6-15-5-8-19(25-3)20(11-15)26-4/h5-12H,13H2,1-4H3/b10-6+. The lowest BCUT2D eigenvalue weighted by Gasteiger charge is -2.10. The van der Waals surface area contributed by atoms with E-state index < -0.39 is 5.97 Å². The topological polar surface area (TPSA) is 71.1 Å². The molecule has 2 aromatic carbocycles. The van der Waals surface area contributed by atoms with Gasteiger partial charge in [0.15, 0.2) is 17.3 Å². The van der Waals surface area contributed by atoms with E-state index in [2.05, 4.69) is 0 Å². The fourth-order valence-corrected chi connectivity index (χ4v) is 2.43. The summed E-state index contributed by atoms with van der Waals surface area (Å²) in [6, 6.07) is 10.3. The molecule has 142 valence electrons. The first-order valence-electron chi connectivity index (χ1n) is 8.23. The van der Waals surface area contributed by atoms with Crippen molar-refractivity contribution in [3.63, 3.8) is 0 Å². The molecule has 0 spiro atoms. The number of rotatable bonds is 8. The van der Waals surface area contributed by atoms with Crippen molar-refractivity contribution in [2.24, 2.45) is 0 Å². The lowest BCUT2D eigenvalue weighted by molar-refractivity contribution is -0.138. The number of carbonyl (C=O) groups excluding carboxylic acids is 2. The maximum atomic E-state index is 12.0. The first kappa shape index (κ1) is 20.0. The summed E-state index contributed by atoms with van der Waals surface area (Å²) in [5.41, 5.74) is 1.92. The summed E-state index contributed by atoms with van der Waals surface area (Å²) < 4.78 is 20.9. The van der Waals surface area contributed by atoms with Crippen LogP contribution in [0.5, 0.6) is 17.2 Å². The maximum absolute atomic E-state index is 12.0. The second-order valence-electron chi connectivity index (χ2n) is 5.64. The fraction of sp³-hybridized carbons (Fsp3) is 0.238. The summed E-state index contributed by atoms with van der Waals surface area (Å²) in [5.74, 6) is 1.14. The Morgan fingerprint density at radius 3 is 2.19 bits per heavy atom. The third-order valence-electron chi connectivity index (χ3n) is 3.88. The molecule has 0 bridgehead atoms. The number of Topliss-reactive ketones (excluding diaryl/α,β-unsaturated/α-hetero) is 1. The number of hydrogen-bond donors (Lipinski definition) is 0. The summed E-state index contributed by atoms with van der Waals surface area (Å²) in [7, 11) is 4.62. The Labute approximate surface area is 158 Å². The Bertz CT molecular complexity index is 854. The predicted octanol–water partition coefficient (Wildman–Crippen LogP) is 3.67. The lowest BCUT2D eigenvalue weighted by atomic mass is 10.1. The van der Waals surface area contributed by atoms with Crippen molar-refractivity contribution in [2.45, 2.75) is 13.5 Å². The third-order valence-corrected chi connectivity index (χ3v) is 3.88. The van der Waals surface area contributed by atoms with Gasteiger partial charge in [-0.05, 0) is 48.9 Å². The molecule has 0 unspecified atom stereocenters. The summed E-state index contributed by atoms with van der Waals surface area (Å²) >= 11 is 0. The first-order chi connectivity index (χ1) is 13.0. The molecule has 0 aliphatic carbocycles. The second-order valence-corrected chi connectivity index (χ2v) is 5.64.